The molecule has 0 saturated carbocycles. The van der Waals surface area contributed by atoms with Crippen LogP contribution in [-0.2, 0) is 6.54 Å². The van der Waals surface area contributed by atoms with Crippen LogP contribution in [0.3, 0.4) is 0 Å². The highest BCUT2D eigenvalue weighted by Crippen LogP contribution is 2.30. The molecule has 0 bridgehead atoms. The average Bonchev–Trinajstić information content (AvgIpc) is 2.72. The zero-order chi connectivity index (χ0) is 19.9. The Morgan fingerprint density at radius 2 is 1.89 bits per heavy atom. The number of benzene rings is 2. The largest absolute Gasteiger partial charge is 0.497 e. The lowest BCUT2D eigenvalue weighted by Gasteiger charge is -2.12. The molecule has 3 rings (SSSR count). The van der Waals surface area contributed by atoms with Crippen LogP contribution in [0.4, 0.5) is 11.5 Å². The average molecular weight is 378 g/mol. The number of methoxy groups -OCH3 is 2. The van der Waals surface area contributed by atoms with Crippen LogP contribution in [0.1, 0.15) is 21.6 Å². The Hall–Kier alpha value is -3.61. The highest BCUT2D eigenvalue weighted by Gasteiger charge is 2.10. The second-order valence-corrected chi connectivity index (χ2v) is 6.15. The Morgan fingerprint density at radius 3 is 2.57 bits per heavy atom. The van der Waals surface area contributed by atoms with Crippen LogP contribution >= 0.6 is 0 Å². The molecule has 1 amide bonds. The molecular weight excluding hydrogens is 356 g/mol. The minimum atomic E-state index is -0.278. The quantitative estimate of drug-likeness (QED) is 0.655. The summed E-state index contributed by atoms with van der Waals surface area (Å²) < 4.78 is 10.6. The molecular formula is C21H22N4O3. The maximum atomic E-state index is 12.3. The Bertz CT molecular complexity index is 958. The van der Waals surface area contributed by atoms with Crippen LogP contribution < -0.4 is 20.1 Å². The summed E-state index contributed by atoms with van der Waals surface area (Å²) in [6.07, 6.45) is 2.93. The minimum absolute atomic E-state index is 0.246. The molecule has 144 valence electrons. The standard InChI is InChI=1S/C21H22N4O3/c1-14-5-4-6-15(9-14)11-24-21(26)18-12-23-20(13-22-18)25-17-10-16(27-2)7-8-19(17)28-3/h4-10,12-13H,11H2,1-3H3,(H,23,25)(H,24,26). The molecule has 0 aliphatic carbocycles. The van der Waals surface area contributed by atoms with Gasteiger partial charge in [0.2, 0.25) is 0 Å². The third kappa shape index (κ3) is 4.76. The first kappa shape index (κ1) is 19.2. The Kier molecular flexibility index (Phi) is 6.06. The smallest absolute Gasteiger partial charge is 0.271 e. The van der Waals surface area contributed by atoms with Gasteiger partial charge in [-0.3, -0.25) is 4.79 Å². The monoisotopic (exact) mass is 378 g/mol. The van der Waals surface area contributed by atoms with E-state index in [9.17, 15) is 4.79 Å². The molecule has 2 N–H and O–H groups in total. The van der Waals surface area contributed by atoms with E-state index in [0.717, 1.165) is 11.1 Å². The second-order valence-electron chi connectivity index (χ2n) is 6.15. The van der Waals surface area contributed by atoms with E-state index in [0.29, 0.717) is 29.5 Å². The predicted octanol–water partition coefficient (Wildman–Crippen LogP) is 3.48. The Morgan fingerprint density at radius 1 is 1.04 bits per heavy atom. The minimum Gasteiger partial charge on any atom is -0.497 e. The van der Waals surface area contributed by atoms with E-state index < -0.39 is 0 Å². The molecule has 0 atom stereocenters. The lowest BCUT2D eigenvalue weighted by Crippen LogP contribution is -2.24. The van der Waals surface area contributed by atoms with Crippen LogP contribution in [0, 0.1) is 6.92 Å². The van der Waals surface area contributed by atoms with Gasteiger partial charge < -0.3 is 20.1 Å². The summed E-state index contributed by atoms with van der Waals surface area (Å²) in [5.41, 5.74) is 3.11. The van der Waals surface area contributed by atoms with Gasteiger partial charge in [-0.25, -0.2) is 9.97 Å². The molecule has 2 aromatic carbocycles. The first-order valence-corrected chi connectivity index (χ1v) is 8.74. The molecule has 3 aromatic rings. The van der Waals surface area contributed by atoms with Crippen molar-refractivity contribution in [3.8, 4) is 11.5 Å². The van der Waals surface area contributed by atoms with E-state index in [1.807, 2.05) is 31.2 Å². The summed E-state index contributed by atoms with van der Waals surface area (Å²) in [7, 11) is 3.18. The van der Waals surface area contributed by atoms with E-state index in [1.54, 1.807) is 32.4 Å². The van der Waals surface area contributed by atoms with E-state index in [4.69, 9.17) is 9.47 Å². The number of nitrogens with one attached hydrogen (secondary N) is 2. The van der Waals surface area contributed by atoms with Crippen molar-refractivity contribution in [1.29, 1.82) is 0 Å². The van der Waals surface area contributed by atoms with E-state index in [1.165, 1.54) is 12.4 Å². The van der Waals surface area contributed by atoms with Crippen molar-refractivity contribution in [1.82, 2.24) is 15.3 Å². The van der Waals surface area contributed by atoms with E-state index in [-0.39, 0.29) is 11.6 Å². The van der Waals surface area contributed by atoms with Crippen molar-refractivity contribution < 1.29 is 14.3 Å². The van der Waals surface area contributed by atoms with Gasteiger partial charge in [0.05, 0.1) is 32.3 Å². The number of ether oxygens (including phenoxy) is 2. The molecule has 28 heavy (non-hydrogen) atoms. The molecule has 0 radical (unpaired) electrons. The predicted molar refractivity (Wildman–Crippen MR) is 107 cm³/mol. The molecule has 0 fully saturated rings. The summed E-state index contributed by atoms with van der Waals surface area (Å²) in [5.74, 6) is 1.53. The summed E-state index contributed by atoms with van der Waals surface area (Å²) >= 11 is 0. The lowest BCUT2D eigenvalue weighted by molar-refractivity contribution is 0.0945. The van der Waals surface area contributed by atoms with Crippen LogP contribution in [0.2, 0.25) is 0 Å². The third-order valence-electron chi connectivity index (χ3n) is 4.09. The normalized spacial score (nSPS) is 10.2. The van der Waals surface area contributed by atoms with Crippen LogP contribution in [0.15, 0.2) is 54.9 Å². The molecule has 7 heteroatoms. The number of anilines is 2. The molecule has 0 aliphatic heterocycles. The molecule has 0 saturated heterocycles. The summed E-state index contributed by atoms with van der Waals surface area (Å²) in [4.78, 5) is 20.7. The highest BCUT2D eigenvalue weighted by atomic mass is 16.5. The number of amides is 1. The fourth-order valence-electron chi connectivity index (χ4n) is 2.65. The van der Waals surface area contributed by atoms with Gasteiger partial charge in [-0.1, -0.05) is 29.8 Å². The van der Waals surface area contributed by atoms with Crippen molar-refractivity contribution in [2.75, 3.05) is 19.5 Å². The molecule has 0 spiro atoms. The van der Waals surface area contributed by atoms with Gasteiger partial charge in [-0.15, -0.1) is 0 Å². The number of hydrogen-bond acceptors (Lipinski definition) is 6. The summed E-state index contributed by atoms with van der Waals surface area (Å²) in [6, 6.07) is 13.4. The Balaban J connectivity index is 1.65. The van der Waals surface area contributed by atoms with Crippen LogP contribution in [-0.4, -0.2) is 30.1 Å². The van der Waals surface area contributed by atoms with Gasteiger partial charge in [0.25, 0.3) is 5.91 Å². The lowest BCUT2D eigenvalue weighted by atomic mass is 10.1. The molecule has 7 nitrogen and oxygen atoms in total. The van der Waals surface area contributed by atoms with Crippen molar-refractivity contribution in [2.24, 2.45) is 0 Å². The number of aryl methyl sites for hydroxylation is 1. The van der Waals surface area contributed by atoms with Gasteiger partial charge in [-0.2, -0.15) is 0 Å². The van der Waals surface area contributed by atoms with Crippen LogP contribution in [0.25, 0.3) is 0 Å². The van der Waals surface area contributed by atoms with Crippen molar-refractivity contribution in [3.63, 3.8) is 0 Å². The summed E-state index contributed by atoms with van der Waals surface area (Å²) in [5, 5.41) is 5.96. The highest BCUT2D eigenvalue weighted by molar-refractivity contribution is 5.92. The van der Waals surface area contributed by atoms with Crippen molar-refractivity contribution in [3.05, 3.63) is 71.7 Å². The second kappa shape index (κ2) is 8.85. The Labute approximate surface area is 163 Å². The molecule has 1 heterocycles. The van der Waals surface area contributed by atoms with Gasteiger partial charge >= 0.3 is 0 Å². The zero-order valence-electron chi connectivity index (χ0n) is 16.0. The fraction of sp³-hybridized carbons (Fsp3) is 0.190. The van der Waals surface area contributed by atoms with Gasteiger partial charge in [-0.05, 0) is 24.6 Å². The van der Waals surface area contributed by atoms with Gasteiger partial charge in [0, 0.05) is 12.6 Å². The first-order valence-electron chi connectivity index (χ1n) is 8.74. The SMILES string of the molecule is COc1ccc(OC)c(Nc2cnc(C(=O)NCc3cccc(C)c3)cn2)c1. The summed E-state index contributed by atoms with van der Waals surface area (Å²) in [6.45, 7) is 2.45. The van der Waals surface area contributed by atoms with Crippen LogP contribution in [0.5, 0.6) is 11.5 Å². The fourth-order valence-corrected chi connectivity index (χ4v) is 2.65. The number of carbonyl (C=O) groups excluding carboxylic acids is 1. The van der Waals surface area contributed by atoms with E-state index in [2.05, 4.69) is 20.6 Å². The topological polar surface area (TPSA) is 85.4 Å². The van der Waals surface area contributed by atoms with E-state index >= 15 is 0 Å². The zero-order valence-corrected chi connectivity index (χ0v) is 16.0. The third-order valence-corrected chi connectivity index (χ3v) is 4.09. The number of carbonyl (C=O) groups is 1. The van der Waals surface area contributed by atoms with Crippen molar-refractivity contribution >= 4 is 17.4 Å². The van der Waals surface area contributed by atoms with Crippen molar-refractivity contribution in [2.45, 2.75) is 13.5 Å². The van der Waals surface area contributed by atoms with Gasteiger partial charge in [0.1, 0.15) is 23.0 Å². The number of hydrogen-bond donors (Lipinski definition) is 2. The maximum absolute atomic E-state index is 12.3. The molecule has 1 aromatic heterocycles. The maximum Gasteiger partial charge on any atom is 0.271 e. The first-order chi connectivity index (χ1) is 13.6. The number of nitrogens with zero attached hydrogens (tertiary/aromatic N) is 2. The molecule has 0 unspecified atom stereocenters. The molecule has 0 aliphatic rings. The number of rotatable bonds is 7. The number of aromatic nitrogens is 2. The van der Waals surface area contributed by atoms with Gasteiger partial charge in [0.15, 0.2) is 0 Å².